The van der Waals surface area contributed by atoms with Crippen LogP contribution in [0.1, 0.15) is 40.0 Å². The van der Waals surface area contributed by atoms with E-state index in [9.17, 15) is 4.79 Å². The third-order valence-corrected chi connectivity index (χ3v) is 3.01. The summed E-state index contributed by atoms with van der Waals surface area (Å²) in [7, 11) is 0. The highest BCUT2D eigenvalue weighted by Crippen LogP contribution is 2.21. The molecule has 0 bridgehead atoms. The Morgan fingerprint density at radius 1 is 1.47 bits per heavy atom. The van der Waals surface area contributed by atoms with Crippen LogP contribution in [0.4, 0.5) is 0 Å². The molecule has 1 aliphatic rings. The predicted octanol–water partition coefficient (Wildman–Crippen LogP) is 2.06. The van der Waals surface area contributed by atoms with E-state index in [2.05, 4.69) is 25.7 Å². The summed E-state index contributed by atoms with van der Waals surface area (Å²) in [5, 5.41) is 0. The van der Waals surface area contributed by atoms with Gasteiger partial charge in [-0.2, -0.15) is 0 Å². The summed E-state index contributed by atoms with van der Waals surface area (Å²) in [5.41, 5.74) is 0. The quantitative estimate of drug-likeness (QED) is 0.517. The Kier molecular flexibility index (Phi) is 5.09. The zero-order chi connectivity index (χ0) is 11.3. The first kappa shape index (κ1) is 12.5. The fourth-order valence-electron chi connectivity index (χ4n) is 2.15. The molecule has 0 aromatic carbocycles. The molecule has 1 aliphatic heterocycles. The van der Waals surface area contributed by atoms with Crippen LogP contribution >= 0.6 is 0 Å². The second-order valence-corrected chi connectivity index (χ2v) is 4.69. The van der Waals surface area contributed by atoms with E-state index in [0.29, 0.717) is 25.1 Å². The van der Waals surface area contributed by atoms with Gasteiger partial charge in [-0.05, 0) is 25.7 Å². The summed E-state index contributed by atoms with van der Waals surface area (Å²) in [4.78, 5) is 13.7. The van der Waals surface area contributed by atoms with Gasteiger partial charge in [0, 0.05) is 12.6 Å². The Hall–Kier alpha value is -0.570. The van der Waals surface area contributed by atoms with Gasteiger partial charge < -0.3 is 4.74 Å². The smallest absolute Gasteiger partial charge is 0.320 e. The molecule has 1 saturated heterocycles. The normalized spacial score (nSPS) is 26.9. The maximum absolute atomic E-state index is 11.5. The van der Waals surface area contributed by atoms with Crippen molar-refractivity contribution in [3.05, 3.63) is 0 Å². The molecular weight excluding hydrogens is 190 g/mol. The van der Waals surface area contributed by atoms with Crippen molar-refractivity contribution in [3.8, 4) is 0 Å². The standard InChI is InChI=1S/C12H23NO2/c1-4-5-6-15-12(14)9-13-8-10(2)7-11(13)3/h10-11H,4-9H2,1-3H3. The number of rotatable bonds is 5. The largest absolute Gasteiger partial charge is 0.465 e. The van der Waals surface area contributed by atoms with Gasteiger partial charge in [0.2, 0.25) is 0 Å². The molecule has 0 radical (unpaired) electrons. The first-order valence-corrected chi connectivity index (χ1v) is 6.03. The van der Waals surface area contributed by atoms with Crippen LogP contribution in [-0.4, -0.2) is 36.6 Å². The number of carbonyl (C=O) groups is 1. The SMILES string of the molecule is CCCCOC(=O)CN1CC(C)CC1C. The predicted molar refractivity (Wildman–Crippen MR) is 60.7 cm³/mol. The van der Waals surface area contributed by atoms with Crippen LogP contribution in [0.5, 0.6) is 0 Å². The molecule has 1 fully saturated rings. The lowest BCUT2D eigenvalue weighted by Crippen LogP contribution is -2.33. The van der Waals surface area contributed by atoms with Crippen molar-refractivity contribution in [1.82, 2.24) is 4.90 Å². The van der Waals surface area contributed by atoms with E-state index in [0.717, 1.165) is 19.4 Å². The van der Waals surface area contributed by atoms with Crippen LogP contribution in [0.3, 0.4) is 0 Å². The van der Waals surface area contributed by atoms with Crippen LogP contribution in [0.2, 0.25) is 0 Å². The Balaban J connectivity index is 2.20. The van der Waals surface area contributed by atoms with E-state index >= 15 is 0 Å². The molecule has 2 atom stereocenters. The van der Waals surface area contributed by atoms with Crippen LogP contribution in [0.25, 0.3) is 0 Å². The van der Waals surface area contributed by atoms with Crippen molar-refractivity contribution in [2.75, 3.05) is 19.7 Å². The number of carbonyl (C=O) groups excluding carboxylic acids is 1. The van der Waals surface area contributed by atoms with Crippen LogP contribution in [0, 0.1) is 5.92 Å². The Labute approximate surface area is 92.8 Å². The van der Waals surface area contributed by atoms with E-state index in [1.807, 2.05) is 0 Å². The minimum absolute atomic E-state index is 0.0654. The van der Waals surface area contributed by atoms with Gasteiger partial charge in [-0.25, -0.2) is 0 Å². The summed E-state index contributed by atoms with van der Waals surface area (Å²) in [6, 6.07) is 0.527. The number of esters is 1. The molecule has 1 rings (SSSR count). The second-order valence-electron chi connectivity index (χ2n) is 4.69. The van der Waals surface area contributed by atoms with Crippen molar-refractivity contribution in [1.29, 1.82) is 0 Å². The lowest BCUT2D eigenvalue weighted by molar-refractivity contribution is -0.145. The van der Waals surface area contributed by atoms with Gasteiger partial charge in [0.05, 0.1) is 13.2 Å². The van der Waals surface area contributed by atoms with E-state index in [1.54, 1.807) is 0 Å². The number of likely N-dealkylation sites (tertiary alicyclic amines) is 1. The maximum Gasteiger partial charge on any atom is 0.320 e. The van der Waals surface area contributed by atoms with E-state index in [4.69, 9.17) is 4.74 Å². The molecule has 0 aromatic rings. The maximum atomic E-state index is 11.5. The third kappa shape index (κ3) is 4.20. The minimum Gasteiger partial charge on any atom is -0.465 e. The van der Waals surface area contributed by atoms with E-state index < -0.39 is 0 Å². The molecule has 0 aromatic heterocycles. The first-order chi connectivity index (χ1) is 7.13. The molecule has 0 spiro atoms. The van der Waals surface area contributed by atoms with Gasteiger partial charge in [0.15, 0.2) is 0 Å². The molecule has 2 unspecified atom stereocenters. The topological polar surface area (TPSA) is 29.5 Å². The van der Waals surface area contributed by atoms with E-state index in [1.165, 1.54) is 6.42 Å². The number of hydrogen-bond acceptors (Lipinski definition) is 3. The summed E-state index contributed by atoms with van der Waals surface area (Å²) in [5.74, 6) is 0.646. The summed E-state index contributed by atoms with van der Waals surface area (Å²) < 4.78 is 5.15. The highest BCUT2D eigenvalue weighted by Gasteiger charge is 2.27. The average molecular weight is 213 g/mol. The number of unbranched alkanes of at least 4 members (excludes halogenated alkanes) is 1. The lowest BCUT2D eigenvalue weighted by Gasteiger charge is -2.19. The van der Waals surface area contributed by atoms with Crippen molar-refractivity contribution in [3.63, 3.8) is 0 Å². The molecule has 3 heteroatoms. The number of hydrogen-bond donors (Lipinski definition) is 0. The summed E-state index contributed by atoms with van der Waals surface area (Å²) in [6.45, 7) is 8.59. The van der Waals surface area contributed by atoms with E-state index in [-0.39, 0.29) is 5.97 Å². The molecule has 1 heterocycles. The molecule has 88 valence electrons. The molecule has 0 aliphatic carbocycles. The fourth-order valence-corrected chi connectivity index (χ4v) is 2.15. The average Bonchev–Trinajstić information content (AvgIpc) is 2.45. The fraction of sp³-hybridized carbons (Fsp3) is 0.917. The van der Waals surface area contributed by atoms with Crippen molar-refractivity contribution in [2.45, 2.75) is 46.1 Å². The van der Waals surface area contributed by atoms with Crippen LogP contribution in [0.15, 0.2) is 0 Å². The Morgan fingerprint density at radius 2 is 2.20 bits per heavy atom. The first-order valence-electron chi connectivity index (χ1n) is 6.03. The third-order valence-electron chi connectivity index (χ3n) is 3.01. The van der Waals surface area contributed by atoms with Crippen LogP contribution < -0.4 is 0 Å². The van der Waals surface area contributed by atoms with Crippen molar-refractivity contribution in [2.24, 2.45) is 5.92 Å². The van der Waals surface area contributed by atoms with Gasteiger partial charge in [-0.1, -0.05) is 20.3 Å². The highest BCUT2D eigenvalue weighted by atomic mass is 16.5. The molecule has 0 amide bonds. The summed E-state index contributed by atoms with van der Waals surface area (Å²) in [6.07, 6.45) is 3.24. The van der Waals surface area contributed by atoms with Gasteiger partial charge >= 0.3 is 5.97 Å². The number of nitrogens with zero attached hydrogens (tertiary/aromatic N) is 1. The van der Waals surface area contributed by atoms with Gasteiger partial charge in [0.25, 0.3) is 0 Å². The zero-order valence-electron chi connectivity index (χ0n) is 10.2. The highest BCUT2D eigenvalue weighted by molar-refractivity contribution is 5.71. The zero-order valence-corrected chi connectivity index (χ0v) is 10.2. The van der Waals surface area contributed by atoms with Gasteiger partial charge in [-0.3, -0.25) is 9.69 Å². The summed E-state index contributed by atoms with van der Waals surface area (Å²) >= 11 is 0. The Bertz CT molecular complexity index is 206. The van der Waals surface area contributed by atoms with Crippen molar-refractivity contribution >= 4 is 5.97 Å². The monoisotopic (exact) mass is 213 g/mol. The molecular formula is C12H23NO2. The van der Waals surface area contributed by atoms with Gasteiger partial charge in [-0.15, -0.1) is 0 Å². The second kappa shape index (κ2) is 6.11. The molecule has 0 N–H and O–H groups in total. The Morgan fingerprint density at radius 3 is 2.73 bits per heavy atom. The lowest BCUT2D eigenvalue weighted by atomic mass is 10.1. The van der Waals surface area contributed by atoms with Crippen LogP contribution in [-0.2, 0) is 9.53 Å². The van der Waals surface area contributed by atoms with Gasteiger partial charge in [0.1, 0.15) is 0 Å². The number of ether oxygens (including phenoxy) is 1. The molecule has 3 nitrogen and oxygen atoms in total. The molecule has 15 heavy (non-hydrogen) atoms. The molecule has 0 saturated carbocycles. The van der Waals surface area contributed by atoms with Crippen molar-refractivity contribution < 1.29 is 9.53 Å². The minimum atomic E-state index is -0.0654.